The number of hydrogen-bond donors (Lipinski definition) is 0. The van der Waals surface area contributed by atoms with E-state index in [0.29, 0.717) is 17.2 Å². The monoisotopic (exact) mass is 342 g/mol. The molecule has 2 aliphatic heterocycles. The zero-order valence-corrected chi connectivity index (χ0v) is 13.0. The molecule has 2 aliphatic rings. The van der Waals surface area contributed by atoms with E-state index in [1.54, 1.807) is 7.11 Å². The number of hydrogen-bond acceptors (Lipinski definition) is 5. The Balaban J connectivity index is 2.09. The molecule has 0 aromatic heterocycles. The lowest BCUT2D eigenvalue weighted by molar-refractivity contribution is -0.144. The third kappa shape index (κ3) is 1.85. The van der Waals surface area contributed by atoms with Crippen LogP contribution in [0.15, 0.2) is 10.5 Å². The zero-order valence-electron chi connectivity index (χ0n) is 11.4. The lowest BCUT2D eigenvalue weighted by Crippen LogP contribution is -2.10. The summed E-state index contributed by atoms with van der Waals surface area (Å²) in [7, 11) is 1.57. The second-order valence-corrected chi connectivity index (χ2v) is 5.85. The molecule has 1 aromatic rings. The van der Waals surface area contributed by atoms with Crippen molar-refractivity contribution in [3.63, 3.8) is 0 Å². The van der Waals surface area contributed by atoms with Gasteiger partial charge in [-0.3, -0.25) is 4.79 Å². The summed E-state index contributed by atoms with van der Waals surface area (Å²) in [6.07, 6.45) is -0.310. The molecule has 0 saturated carbocycles. The molecule has 20 heavy (non-hydrogen) atoms. The second kappa shape index (κ2) is 4.84. The molecule has 0 amide bonds. The fraction of sp³-hybridized carbons (Fsp3) is 0.500. The molecule has 6 heteroatoms. The van der Waals surface area contributed by atoms with Gasteiger partial charge in [-0.05, 0) is 22.0 Å². The van der Waals surface area contributed by atoms with Crippen molar-refractivity contribution in [3.05, 3.63) is 16.1 Å². The third-order valence-electron chi connectivity index (χ3n) is 3.98. The maximum atomic E-state index is 11.7. The fourth-order valence-corrected chi connectivity index (χ4v) is 3.24. The van der Waals surface area contributed by atoms with Crippen LogP contribution in [-0.2, 0) is 9.53 Å². The summed E-state index contributed by atoms with van der Waals surface area (Å²) >= 11 is 3.52. The van der Waals surface area contributed by atoms with E-state index >= 15 is 0 Å². The average Bonchev–Trinajstić information content (AvgIpc) is 2.98. The molecule has 108 valence electrons. The van der Waals surface area contributed by atoms with Crippen LogP contribution < -0.4 is 14.2 Å². The highest BCUT2D eigenvalue weighted by atomic mass is 79.9. The van der Waals surface area contributed by atoms with Gasteiger partial charge in [-0.15, -0.1) is 0 Å². The number of halogens is 1. The standard InChI is InChI=1S/C14H15BrO5/c1-6-7(2)14(16)20-11(6)8-4-9-12(19-5-18-9)13(17-3)10(8)15/h4,6-7,11H,5H2,1-3H3/t6-,7+,11+/m0/s1. The number of carbonyl (C=O) groups excluding carboxylic acids is 1. The maximum absolute atomic E-state index is 11.7. The van der Waals surface area contributed by atoms with E-state index in [2.05, 4.69) is 15.9 Å². The minimum Gasteiger partial charge on any atom is -0.492 e. The molecule has 1 saturated heterocycles. The normalized spacial score (nSPS) is 27.6. The Labute approximate surface area is 125 Å². The lowest BCUT2D eigenvalue weighted by atomic mass is 9.90. The van der Waals surface area contributed by atoms with Crippen molar-refractivity contribution in [1.82, 2.24) is 0 Å². The SMILES string of the molecule is COc1c(Br)c([C@@H]2OC(=O)[C@H](C)[C@@H]2C)cc2c1OCO2. The summed E-state index contributed by atoms with van der Waals surface area (Å²) in [5, 5.41) is 0. The Morgan fingerprint density at radius 1 is 1.35 bits per heavy atom. The number of methoxy groups -OCH3 is 1. The molecule has 1 fully saturated rings. The van der Waals surface area contributed by atoms with Crippen LogP contribution in [0, 0.1) is 11.8 Å². The van der Waals surface area contributed by atoms with Gasteiger partial charge in [-0.2, -0.15) is 0 Å². The number of carbonyl (C=O) groups is 1. The second-order valence-electron chi connectivity index (χ2n) is 5.05. The third-order valence-corrected chi connectivity index (χ3v) is 4.80. The van der Waals surface area contributed by atoms with Crippen LogP contribution in [0.25, 0.3) is 0 Å². The molecule has 3 atom stereocenters. The van der Waals surface area contributed by atoms with Crippen molar-refractivity contribution in [3.8, 4) is 17.2 Å². The zero-order chi connectivity index (χ0) is 14.4. The summed E-state index contributed by atoms with van der Waals surface area (Å²) in [4.78, 5) is 11.7. The molecule has 0 radical (unpaired) electrons. The summed E-state index contributed by atoms with van der Waals surface area (Å²) in [6.45, 7) is 4.05. The van der Waals surface area contributed by atoms with Gasteiger partial charge in [0.25, 0.3) is 0 Å². The lowest BCUT2D eigenvalue weighted by Gasteiger charge is -2.19. The van der Waals surface area contributed by atoms with E-state index in [1.165, 1.54) is 0 Å². The van der Waals surface area contributed by atoms with Crippen LogP contribution in [0.1, 0.15) is 25.5 Å². The van der Waals surface area contributed by atoms with E-state index in [-0.39, 0.29) is 30.7 Å². The van der Waals surface area contributed by atoms with Crippen LogP contribution in [-0.4, -0.2) is 19.9 Å². The number of rotatable bonds is 2. The van der Waals surface area contributed by atoms with Gasteiger partial charge in [0.15, 0.2) is 11.5 Å². The summed E-state index contributed by atoms with van der Waals surface area (Å²) in [6, 6.07) is 1.85. The highest BCUT2D eigenvalue weighted by Gasteiger charge is 2.42. The van der Waals surface area contributed by atoms with E-state index in [9.17, 15) is 4.79 Å². The first-order chi connectivity index (χ1) is 9.54. The van der Waals surface area contributed by atoms with Gasteiger partial charge in [-0.1, -0.05) is 13.8 Å². The number of benzene rings is 1. The van der Waals surface area contributed by atoms with Gasteiger partial charge in [-0.25, -0.2) is 0 Å². The van der Waals surface area contributed by atoms with Crippen molar-refractivity contribution in [2.24, 2.45) is 11.8 Å². The highest BCUT2D eigenvalue weighted by molar-refractivity contribution is 9.10. The largest absolute Gasteiger partial charge is 0.492 e. The predicted octanol–water partition coefficient (Wildman–Crippen LogP) is 3.06. The number of esters is 1. The summed E-state index contributed by atoms with van der Waals surface area (Å²) < 4.78 is 22.4. The summed E-state index contributed by atoms with van der Waals surface area (Å²) in [5.74, 6) is 1.55. The van der Waals surface area contributed by atoms with E-state index in [4.69, 9.17) is 18.9 Å². The topological polar surface area (TPSA) is 54.0 Å². The Kier molecular flexibility index (Phi) is 3.28. The fourth-order valence-electron chi connectivity index (χ4n) is 2.56. The van der Waals surface area contributed by atoms with Gasteiger partial charge in [0.2, 0.25) is 12.5 Å². The molecule has 5 nitrogen and oxygen atoms in total. The van der Waals surface area contributed by atoms with Crippen molar-refractivity contribution in [2.45, 2.75) is 20.0 Å². The molecule has 0 spiro atoms. The smallest absolute Gasteiger partial charge is 0.309 e. The van der Waals surface area contributed by atoms with Gasteiger partial charge < -0.3 is 18.9 Å². The van der Waals surface area contributed by atoms with Gasteiger partial charge in [0.05, 0.1) is 17.5 Å². The van der Waals surface area contributed by atoms with E-state index < -0.39 is 0 Å². The van der Waals surface area contributed by atoms with Crippen molar-refractivity contribution in [2.75, 3.05) is 13.9 Å². The minimum atomic E-state index is -0.310. The molecule has 0 bridgehead atoms. The molecule has 2 heterocycles. The highest BCUT2D eigenvalue weighted by Crippen LogP contribution is 2.51. The van der Waals surface area contributed by atoms with Gasteiger partial charge >= 0.3 is 5.97 Å². The van der Waals surface area contributed by atoms with Crippen molar-refractivity contribution < 1.29 is 23.7 Å². The quantitative estimate of drug-likeness (QED) is 0.773. The first kappa shape index (κ1) is 13.5. The Hall–Kier alpha value is -1.43. The molecular formula is C14H15BrO5. The number of cyclic esters (lactones) is 1. The van der Waals surface area contributed by atoms with E-state index in [1.807, 2.05) is 19.9 Å². The Morgan fingerprint density at radius 3 is 2.70 bits per heavy atom. The molecule has 3 rings (SSSR count). The Morgan fingerprint density at radius 2 is 2.10 bits per heavy atom. The maximum Gasteiger partial charge on any atom is 0.309 e. The number of fused-ring (bicyclic) bond motifs is 1. The molecule has 0 unspecified atom stereocenters. The first-order valence-electron chi connectivity index (χ1n) is 6.41. The predicted molar refractivity (Wildman–Crippen MR) is 74.0 cm³/mol. The van der Waals surface area contributed by atoms with Gasteiger partial charge in [0.1, 0.15) is 6.10 Å². The first-order valence-corrected chi connectivity index (χ1v) is 7.20. The van der Waals surface area contributed by atoms with Gasteiger partial charge in [0, 0.05) is 11.5 Å². The van der Waals surface area contributed by atoms with Crippen LogP contribution in [0.4, 0.5) is 0 Å². The minimum absolute atomic E-state index is 0.0869. The molecule has 0 aliphatic carbocycles. The van der Waals surface area contributed by atoms with Crippen LogP contribution in [0.3, 0.4) is 0 Å². The van der Waals surface area contributed by atoms with Crippen molar-refractivity contribution in [1.29, 1.82) is 0 Å². The average molecular weight is 343 g/mol. The summed E-state index contributed by atoms with van der Waals surface area (Å²) in [5.41, 5.74) is 0.844. The number of ether oxygens (including phenoxy) is 4. The van der Waals surface area contributed by atoms with Crippen LogP contribution in [0.2, 0.25) is 0 Å². The molecular weight excluding hydrogens is 328 g/mol. The molecule has 0 N–H and O–H groups in total. The molecule has 1 aromatic carbocycles. The van der Waals surface area contributed by atoms with Crippen LogP contribution >= 0.6 is 15.9 Å². The Bertz CT molecular complexity index is 571. The van der Waals surface area contributed by atoms with E-state index in [0.717, 1.165) is 10.0 Å². The van der Waals surface area contributed by atoms with Crippen molar-refractivity contribution >= 4 is 21.9 Å². The van der Waals surface area contributed by atoms with Crippen LogP contribution in [0.5, 0.6) is 17.2 Å².